The molecule has 0 fully saturated rings. The molecule has 0 saturated carbocycles. The van der Waals surface area contributed by atoms with E-state index in [1.165, 1.54) is 88.0 Å². The van der Waals surface area contributed by atoms with E-state index in [4.69, 9.17) is 14.2 Å². The first-order valence-electron chi connectivity index (χ1n) is 18.9. The predicted molar refractivity (Wildman–Crippen MR) is 231 cm³/mol. The minimum absolute atomic E-state index is 0.00461. The van der Waals surface area contributed by atoms with E-state index in [-0.39, 0.29) is 48.3 Å². The molecule has 8 rings (SSSR count). The highest BCUT2D eigenvalue weighted by atomic mass is 32.2. The lowest BCUT2D eigenvalue weighted by molar-refractivity contribution is -0.129. The predicted octanol–water partition coefficient (Wildman–Crippen LogP) is 9.51. The molecular formula is C48H36N2O9S2. The summed E-state index contributed by atoms with van der Waals surface area (Å²) in [5.74, 6) is 0.270. The molecule has 0 saturated heterocycles. The summed E-state index contributed by atoms with van der Waals surface area (Å²) >= 11 is 0. The van der Waals surface area contributed by atoms with Gasteiger partial charge in [-0.1, -0.05) is 60.2 Å². The zero-order chi connectivity index (χ0) is 42.7. The summed E-state index contributed by atoms with van der Waals surface area (Å²) in [6, 6.07) is 45.5. The number of benzene rings is 7. The van der Waals surface area contributed by atoms with Gasteiger partial charge in [-0.2, -0.15) is 0 Å². The van der Waals surface area contributed by atoms with Crippen LogP contribution in [-0.4, -0.2) is 31.9 Å². The summed E-state index contributed by atoms with van der Waals surface area (Å²) in [4.78, 5) is 26.4. The van der Waals surface area contributed by atoms with Gasteiger partial charge in [0.15, 0.2) is 11.5 Å². The number of hydrogen-bond donors (Lipinski definition) is 0. The van der Waals surface area contributed by atoms with Crippen LogP contribution in [-0.2, 0) is 31.5 Å². The molecular weight excluding hydrogens is 813 g/mol. The molecule has 0 spiro atoms. The van der Waals surface area contributed by atoms with Crippen LogP contribution in [0, 0.1) is 6.92 Å². The number of esters is 1. The lowest BCUT2D eigenvalue weighted by Crippen LogP contribution is -2.20. The Bertz CT molecular complexity index is 3210. The van der Waals surface area contributed by atoms with E-state index in [1.54, 1.807) is 55.6 Å². The summed E-state index contributed by atoms with van der Waals surface area (Å²) < 4.78 is 74.7. The van der Waals surface area contributed by atoms with Gasteiger partial charge < -0.3 is 14.2 Å². The molecule has 8 aromatic rings. The summed E-state index contributed by atoms with van der Waals surface area (Å²) in [5.41, 5.74) is 3.45. The third-order valence-corrected chi connectivity index (χ3v) is 13.3. The molecule has 0 amide bonds. The molecule has 0 N–H and O–H groups in total. The Labute approximate surface area is 351 Å². The quantitative estimate of drug-likeness (QED) is 0.0668. The normalized spacial score (nSPS) is 11.8. The molecule has 304 valence electrons. The Balaban J connectivity index is 1.01. The van der Waals surface area contributed by atoms with Crippen LogP contribution in [0.1, 0.15) is 11.1 Å². The Hall–Kier alpha value is -7.48. The van der Waals surface area contributed by atoms with E-state index in [9.17, 15) is 26.4 Å². The highest BCUT2D eigenvalue weighted by Gasteiger charge is 2.21. The number of imidazole rings is 1. The average molecular weight is 849 g/mol. The fourth-order valence-electron chi connectivity index (χ4n) is 6.53. The standard InChI is InChI=1S/C48H36N2O9S2/c1-33-12-22-39(23-13-33)60(53,54)42-28-19-37(20-29-42)58-45-30-21-38(32-46(45)59-47(51)31-14-34-8-4-3-5-9-34)57-36-17-26-41(27-18-36)61(55,56)40-24-15-35(16-25-40)50-44-11-7-6-10-43(44)49(2)48(50)52/h3-32H,1-2H3/b31-14+. The number of carbonyl (C=O) groups is 1. The number of hydrogen-bond acceptors (Lipinski definition) is 9. The topological polar surface area (TPSA) is 140 Å². The van der Waals surface area contributed by atoms with E-state index in [0.717, 1.165) is 16.6 Å². The number of rotatable bonds is 12. The van der Waals surface area contributed by atoms with Gasteiger partial charge in [-0.05, 0) is 128 Å². The van der Waals surface area contributed by atoms with Crippen LogP contribution in [0.2, 0.25) is 0 Å². The van der Waals surface area contributed by atoms with E-state index in [0.29, 0.717) is 17.0 Å². The average Bonchev–Trinajstić information content (AvgIpc) is 3.53. The van der Waals surface area contributed by atoms with Gasteiger partial charge in [0.05, 0.1) is 36.3 Å². The largest absolute Gasteiger partial charge is 0.457 e. The molecule has 1 heterocycles. The van der Waals surface area contributed by atoms with Crippen molar-refractivity contribution < 1.29 is 35.8 Å². The Kier molecular flexibility index (Phi) is 11.0. The Morgan fingerprint density at radius 1 is 0.541 bits per heavy atom. The van der Waals surface area contributed by atoms with Gasteiger partial charge in [0.1, 0.15) is 17.2 Å². The minimum Gasteiger partial charge on any atom is -0.457 e. The minimum atomic E-state index is -3.95. The van der Waals surface area contributed by atoms with Crippen LogP contribution < -0.4 is 19.9 Å². The third kappa shape index (κ3) is 8.51. The smallest absolute Gasteiger partial charge is 0.336 e. The van der Waals surface area contributed by atoms with E-state index in [2.05, 4.69) is 0 Å². The maximum atomic E-state index is 13.6. The van der Waals surface area contributed by atoms with Crippen LogP contribution in [0.25, 0.3) is 22.8 Å². The van der Waals surface area contributed by atoms with Crippen LogP contribution >= 0.6 is 0 Å². The molecule has 13 heteroatoms. The Morgan fingerprint density at radius 2 is 1.03 bits per heavy atom. The van der Waals surface area contributed by atoms with Gasteiger partial charge in [-0.15, -0.1) is 0 Å². The number of ether oxygens (including phenoxy) is 3. The van der Waals surface area contributed by atoms with Crippen LogP contribution in [0.5, 0.6) is 28.7 Å². The number of fused-ring (bicyclic) bond motifs is 1. The maximum absolute atomic E-state index is 13.6. The van der Waals surface area contributed by atoms with Gasteiger partial charge in [0, 0.05) is 19.2 Å². The van der Waals surface area contributed by atoms with Crippen molar-refractivity contribution in [3.63, 3.8) is 0 Å². The van der Waals surface area contributed by atoms with Gasteiger partial charge in [0.2, 0.25) is 19.7 Å². The summed E-state index contributed by atoms with van der Waals surface area (Å²) in [6.45, 7) is 1.88. The lowest BCUT2D eigenvalue weighted by Gasteiger charge is -2.14. The van der Waals surface area contributed by atoms with Crippen molar-refractivity contribution in [1.29, 1.82) is 0 Å². The molecule has 0 unspecified atom stereocenters. The first-order chi connectivity index (χ1) is 29.4. The van der Waals surface area contributed by atoms with Crippen molar-refractivity contribution in [2.75, 3.05) is 0 Å². The number of aromatic nitrogens is 2. The van der Waals surface area contributed by atoms with E-state index < -0.39 is 25.6 Å². The summed E-state index contributed by atoms with van der Waals surface area (Å²) in [6.07, 6.45) is 2.88. The first kappa shape index (κ1) is 40.3. The fraction of sp³-hybridized carbons (Fsp3) is 0.0417. The van der Waals surface area contributed by atoms with Crippen molar-refractivity contribution in [3.05, 3.63) is 198 Å². The molecule has 11 nitrogen and oxygen atoms in total. The third-order valence-electron chi connectivity index (χ3n) is 9.77. The molecule has 61 heavy (non-hydrogen) atoms. The molecule has 0 aliphatic carbocycles. The molecule has 7 aromatic carbocycles. The van der Waals surface area contributed by atoms with Gasteiger partial charge in [-0.3, -0.25) is 9.13 Å². The monoisotopic (exact) mass is 848 g/mol. The number of aryl methyl sites for hydroxylation is 2. The highest BCUT2D eigenvalue weighted by Crippen LogP contribution is 2.38. The molecule has 0 aliphatic rings. The number of nitrogens with zero attached hydrogens (tertiary/aromatic N) is 2. The van der Waals surface area contributed by atoms with Crippen molar-refractivity contribution >= 4 is 42.8 Å². The van der Waals surface area contributed by atoms with Crippen molar-refractivity contribution in [1.82, 2.24) is 9.13 Å². The molecule has 0 atom stereocenters. The van der Waals surface area contributed by atoms with Gasteiger partial charge >= 0.3 is 11.7 Å². The van der Waals surface area contributed by atoms with Crippen molar-refractivity contribution in [2.24, 2.45) is 7.05 Å². The highest BCUT2D eigenvalue weighted by molar-refractivity contribution is 7.91. The summed E-state index contributed by atoms with van der Waals surface area (Å²) in [7, 11) is -6.03. The van der Waals surface area contributed by atoms with Crippen LogP contribution in [0.3, 0.4) is 0 Å². The second kappa shape index (κ2) is 16.6. The Morgan fingerprint density at radius 3 is 1.62 bits per heavy atom. The van der Waals surface area contributed by atoms with Gasteiger partial charge in [0.25, 0.3) is 0 Å². The lowest BCUT2D eigenvalue weighted by atomic mass is 10.2. The fourth-order valence-corrected chi connectivity index (χ4v) is 9.05. The maximum Gasteiger partial charge on any atom is 0.336 e. The second-order valence-corrected chi connectivity index (χ2v) is 17.8. The number of sulfone groups is 2. The zero-order valence-corrected chi connectivity index (χ0v) is 34.3. The van der Waals surface area contributed by atoms with Crippen molar-refractivity contribution in [3.8, 4) is 34.4 Å². The van der Waals surface area contributed by atoms with Gasteiger partial charge in [-0.25, -0.2) is 26.4 Å². The number of carbonyl (C=O) groups excluding carboxylic acids is 1. The van der Waals surface area contributed by atoms with E-state index >= 15 is 0 Å². The summed E-state index contributed by atoms with van der Waals surface area (Å²) in [5, 5.41) is 0. The zero-order valence-electron chi connectivity index (χ0n) is 32.7. The number of para-hydroxylation sites is 2. The SMILES string of the molecule is Cc1ccc(S(=O)(=O)c2ccc(Oc3ccc(Oc4ccc(S(=O)(=O)c5ccc(-n6c(=O)n(C)c7ccccc76)cc5)cc4)cc3OC(=O)/C=C/c3ccccc3)cc2)cc1. The molecule has 1 aromatic heterocycles. The molecule has 0 bridgehead atoms. The first-order valence-corrected chi connectivity index (χ1v) is 21.8. The second-order valence-electron chi connectivity index (χ2n) is 13.9. The van der Waals surface area contributed by atoms with Crippen LogP contribution in [0.15, 0.2) is 200 Å². The van der Waals surface area contributed by atoms with E-state index in [1.807, 2.05) is 61.5 Å². The van der Waals surface area contributed by atoms with Crippen molar-refractivity contribution in [2.45, 2.75) is 26.5 Å². The molecule has 0 radical (unpaired) electrons. The van der Waals surface area contributed by atoms with Crippen LogP contribution in [0.4, 0.5) is 0 Å². The molecule has 0 aliphatic heterocycles.